The third-order valence-corrected chi connectivity index (χ3v) is 3.82. The first kappa shape index (κ1) is 16.2. The molecule has 0 radical (unpaired) electrons. The summed E-state index contributed by atoms with van der Waals surface area (Å²) in [6.07, 6.45) is 2.29. The van der Waals surface area contributed by atoms with Gasteiger partial charge in [0.05, 0.1) is 0 Å². The van der Waals surface area contributed by atoms with E-state index in [9.17, 15) is 5.11 Å². The fourth-order valence-electron chi connectivity index (χ4n) is 2.60. The Morgan fingerprint density at radius 3 is 1.95 bits per heavy atom. The Bertz CT molecular complexity index is 356. The van der Waals surface area contributed by atoms with Crippen molar-refractivity contribution in [1.29, 1.82) is 0 Å². The Labute approximate surface area is 118 Å². The van der Waals surface area contributed by atoms with Crippen LogP contribution < -0.4 is 0 Å². The highest BCUT2D eigenvalue weighted by Crippen LogP contribution is 2.30. The van der Waals surface area contributed by atoms with Crippen molar-refractivity contribution in [3.8, 4) is 0 Å². The molecule has 108 valence electrons. The van der Waals surface area contributed by atoms with E-state index in [4.69, 9.17) is 0 Å². The van der Waals surface area contributed by atoms with Crippen LogP contribution in [-0.2, 0) is 0 Å². The lowest BCUT2D eigenvalue weighted by Gasteiger charge is -2.39. The Morgan fingerprint density at radius 1 is 1.05 bits per heavy atom. The normalized spacial score (nSPS) is 17.8. The van der Waals surface area contributed by atoms with Gasteiger partial charge in [-0.05, 0) is 45.1 Å². The second kappa shape index (κ2) is 7.06. The molecule has 0 unspecified atom stereocenters. The van der Waals surface area contributed by atoms with E-state index < -0.39 is 5.72 Å². The Hall–Kier alpha value is -0.860. The van der Waals surface area contributed by atoms with Crippen molar-refractivity contribution in [2.75, 3.05) is 13.1 Å². The van der Waals surface area contributed by atoms with E-state index in [1.54, 1.807) is 0 Å². The Kier molecular flexibility index (Phi) is 6.02. The summed E-state index contributed by atoms with van der Waals surface area (Å²) in [5.41, 5.74) is 2.10. The zero-order valence-electron chi connectivity index (χ0n) is 13.1. The number of piperidine rings is 1. The zero-order chi connectivity index (χ0) is 14.5. The standard InChI is InChI=1S/C15H23NO.C2H6/c1-12-4-6-13(7-5-12)14-8-10-16(11-9-14)15(2,3)17;1-2/h4-7,14,17H,8-11H2,1-3H3;1-2H3. The molecule has 1 aromatic rings. The number of likely N-dealkylation sites (tertiary alicyclic amines) is 1. The monoisotopic (exact) mass is 263 g/mol. The van der Waals surface area contributed by atoms with Gasteiger partial charge in [-0.2, -0.15) is 0 Å². The molecule has 1 aromatic carbocycles. The third kappa shape index (κ3) is 4.63. The van der Waals surface area contributed by atoms with Gasteiger partial charge in [-0.3, -0.25) is 4.90 Å². The number of aliphatic hydroxyl groups is 1. The van der Waals surface area contributed by atoms with Crippen molar-refractivity contribution in [2.45, 2.75) is 59.1 Å². The van der Waals surface area contributed by atoms with Crippen molar-refractivity contribution in [1.82, 2.24) is 4.90 Å². The minimum atomic E-state index is -0.668. The summed E-state index contributed by atoms with van der Waals surface area (Å²) in [6, 6.07) is 8.88. The van der Waals surface area contributed by atoms with Crippen LogP contribution in [0.25, 0.3) is 0 Å². The molecular weight excluding hydrogens is 234 g/mol. The molecule has 1 N–H and O–H groups in total. The van der Waals surface area contributed by atoms with Crippen LogP contribution in [-0.4, -0.2) is 28.8 Å². The molecule has 0 aromatic heterocycles. The van der Waals surface area contributed by atoms with Crippen LogP contribution in [0.1, 0.15) is 57.6 Å². The summed E-state index contributed by atoms with van der Waals surface area (Å²) in [6.45, 7) is 11.9. The van der Waals surface area contributed by atoms with Crippen molar-refractivity contribution in [2.24, 2.45) is 0 Å². The van der Waals surface area contributed by atoms with Gasteiger partial charge in [0.1, 0.15) is 5.72 Å². The summed E-state index contributed by atoms with van der Waals surface area (Å²) in [7, 11) is 0. The predicted octanol–water partition coefficient (Wildman–Crippen LogP) is 3.93. The molecule has 19 heavy (non-hydrogen) atoms. The van der Waals surface area contributed by atoms with E-state index >= 15 is 0 Å². The molecule has 0 aliphatic carbocycles. The molecule has 1 aliphatic rings. The first-order valence-corrected chi connectivity index (χ1v) is 7.51. The number of rotatable bonds is 2. The van der Waals surface area contributed by atoms with Crippen molar-refractivity contribution < 1.29 is 5.11 Å². The Morgan fingerprint density at radius 2 is 1.53 bits per heavy atom. The molecule has 1 aliphatic heterocycles. The summed E-state index contributed by atoms with van der Waals surface area (Å²) >= 11 is 0. The summed E-state index contributed by atoms with van der Waals surface area (Å²) in [5, 5.41) is 9.96. The second-order valence-electron chi connectivity index (χ2n) is 5.67. The van der Waals surface area contributed by atoms with Crippen LogP contribution in [0, 0.1) is 6.92 Å². The molecule has 1 saturated heterocycles. The maximum atomic E-state index is 9.96. The van der Waals surface area contributed by atoms with Gasteiger partial charge in [-0.1, -0.05) is 43.7 Å². The maximum absolute atomic E-state index is 9.96. The van der Waals surface area contributed by atoms with Gasteiger partial charge in [-0.15, -0.1) is 0 Å². The highest BCUT2D eigenvalue weighted by Gasteiger charge is 2.28. The van der Waals surface area contributed by atoms with E-state index in [0.717, 1.165) is 25.9 Å². The molecule has 0 atom stereocenters. The molecule has 1 fully saturated rings. The highest BCUT2D eigenvalue weighted by atomic mass is 16.3. The molecule has 2 rings (SSSR count). The maximum Gasteiger partial charge on any atom is 0.112 e. The predicted molar refractivity (Wildman–Crippen MR) is 82.4 cm³/mol. The van der Waals surface area contributed by atoms with Crippen LogP contribution in [0.5, 0.6) is 0 Å². The Balaban J connectivity index is 0.000000861. The molecule has 1 heterocycles. The highest BCUT2D eigenvalue weighted by molar-refractivity contribution is 5.24. The fourth-order valence-corrected chi connectivity index (χ4v) is 2.60. The van der Waals surface area contributed by atoms with Crippen LogP contribution in [0.3, 0.4) is 0 Å². The number of nitrogens with zero attached hydrogens (tertiary/aromatic N) is 1. The minimum Gasteiger partial charge on any atom is -0.376 e. The molecule has 0 bridgehead atoms. The molecular formula is C17H29NO. The largest absolute Gasteiger partial charge is 0.376 e. The molecule has 0 spiro atoms. The lowest BCUT2D eigenvalue weighted by atomic mass is 9.88. The smallest absolute Gasteiger partial charge is 0.112 e. The van der Waals surface area contributed by atoms with Gasteiger partial charge in [-0.25, -0.2) is 0 Å². The van der Waals surface area contributed by atoms with Gasteiger partial charge < -0.3 is 5.11 Å². The molecule has 2 nitrogen and oxygen atoms in total. The molecule has 0 saturated carbocycles. The van der Waals surface area contributed by atoms with Gasteiger partial charge >= 0.3 is 0 Å². The average Bonchev–Trinajstić information content (AvgIpc) is 2.41. The van der Waals surface area contributed by atoms with E-state index in [2.05, 4.69) is 36.1 Å². The van der Waals surface area contributed by atoms with Crippen molar-refractivity contribution in [3.05, 3.63) is 35.4 Å². The number of hydrogen-bond acceptors (Lipinski definition) is 2. The summed E-state index contributed by atoms with van der Waals surface area (Å²) in [4.78, 5) is 2.16. The summed E-state index contributed by atoms with van der Waals surface area (Å²) < 4.78 is 0. The van der Waals surface area contributed by atoms with Gasteiger partial charge in [0.2, 0.25) is 0 Å². The zero-order valence-corrected chi connectivity index (χ0v) is 13.1. The minimum absolute atomic E-state index is 0.661. The topological polar surface area (TPSA) is 23.5 Å². The quantitative estimate of drug-likeness (QED) is 0.874. The molecule has 0 amide bonds. The van der Waals surface area contributed by atoms with Crippen molar-refractivity contribution in [3.63, 3.8) is 0 Å². The lowest BCUT2D eigenvalue weighted by molar-refractivity contribution is -0.0883. The van der Waals surface area contributed by atoms with E-state index in [1.165, 1.54) is 11.1 Å². The first-order valence-electron chi connectivity index (χ1n) is 7.51. The van der Waals surface area contributed by atoms with Crippen LogP contribution >= 0.6 is 0 Å². The van der Waals surface area contributed by atoms with Gasteiger partial charge in [0, 0.05) is 13.1 Å². The first-order chi connectivity index (χ1) is 8.97. The molecule has 2 heteroatoms. The van der Waals surface area contributed by atoms with Crippen LogP contribution in [0.4, 0.5) is 0 Å². The number of aryl methyl sites for hydroxylation is 1. The third-order valence-electron chi connectivity index (χ3n) is 3.82. The van der Waals surface area contributed by atoms with Gasteiger partial charge in [0.25, 0.3) is 0 Å². The van der Waals surface area contributed by atoms with Gasteiger partial charge in [0.15, 0.2) is 0 Å². The number of benzene rings is 1. The van der Waals surface area contributed by atoms with E-state index in [-0.39, 0.29) is 0 Å². The van der Waals surface area contributed by atoms with E-state index in [0.29, 0.717) is 5.92 Å². The second-order valence-corrected chi connectivity index (χ2v) is 5.67. The van der Waals surface area contributed by atoms with E-state index in [1.807, 2.05) is 27.7 Å². The van der Waals surface area contributed by atoms with Crippen molar-refractivity contribution >= 4 is 0 Å². The lowest BCUT2D eigenvalue weighted by Crippen LogP contribution is -2.47. The van der Waals surface area contributed by atoms with Crippen LogP contribution in [0.2, 0.25) is 0 Å². The SMILES string of the molecule is CC.Cc1ccc(C2CCN(C(C)(C)O)CC2)cc1. The summed E-state index contributed by atoms with van der Waals surface area (Å²) in [5.74, 6) is 0.661. The van der Waals surface area contributed by atoms with Crippen LogP contribution in [0.15, 0.2) is 24.3 Å². The number of hydrogen-bond donors (Lipinski definition) is 1. The average molecular weight is 263 g/mol. The fraction of sp³-hybridized carbons (Fsp3) is 0.647.